The molecule has 114 valence electrons. The van der Waals surface area contributed by atoms with E-state index in [1.165, 1.54) is 23.3 Å². The van der Waals surface area contributed by atoms with Gasteiger partial charge in [0.25, 0.3) is 0 Å². The molecule has 1 aromatic carbocycles. The van der Waals surface area contributed by atoms with Crippen molar-refractivity contribution < 1.29 is 13.2 Å². The van der Waals surface area contributed by atoms with Gasteiger partial charge >= 0.3 is 6.18 Å². The molecule has 0 aliphatic rings. The van der Waals surface area contributed by atoms with E-state index in [1.54, 1.807) is 19.1 Å². The number of benzene rings is 1. The van der Waals surface area contributed by atoms with Crippen molar-refractivity contribution in [1.82, 2.24) is 9.78 Å². The van der Waals surface area contributed by atoms with Crippen LogP contribution in [0.15, 0.2) is 42.4 Å². The molecule has 2 radical (unpaired) electrons. The van der Waals surface area contributed by atoms with E-state index >= 15 is 0 Å². The Morgan fingerprint density at radius 2 is 1.91 bits per heavy atom. The standard InChI is InChI=1S/C13H13BF3N5/c1-8(18)7-21(19)9-2-4-10(5-3-9)22-12(13(15,16)17)11(14)6-20-22/h2-7H,18-19H2,1H3/b8-7-. The average Bonchev–Trinajstić information content (AvgIpc) is 2.80. The number of allylic oxidation sites excluding steroid dienone is 1. The number of rotatable bonds is 3. The number of hydrogen-bond acceptors (Lipinski definition) is 4. The molecule has 1 aromatic heterocycles. The molecule has 5 nitrogen and oxygen atoms in total. The Labute approximate surface area is 126 Å². The first kappa shape index (κ1) is 16.0. The highest BCUT2D eigenvalue weighted by Gasteiger charge is 2.36. The van der Waals surface area contributed by atoms with Crippen LogP contribution in [-0.4, -0.2) is 17.6 Å². The van der Waals surface area contributed by atoms with Crippen LogP contribution in [0.5, 0.6) is 0 Å². The predicted molar refractivity (Wildman–Crippen MR) is 78.6 cm³/mol. The van der Waals surface area contributed by atoms with Gasteiger partial charge in [0, 0.05) is 18.1 Å². The van der Waals surface area contributed by atoms with Crippen molar-refractivity contribution in [3.8, 4) is 5.69 Å². The van der Waals surface area contributed by atoms with Crippen molar-refractivity contribution in [2.75, 3.05) is 5.01 Å². The fourth-order valence-corrected chi connectivity index (χ4v) is 1.90. The van der Waals surface area contributed by atoms with Crippen LogP contribution >= 0.6 is 0 Å². The van der Waals surface area contributed by atoms with Crippen molar-refractivity contribution in [3.63, 3.8) is 0 Å². The highest BCUT2D eigenvalue weighted by Crippen LogP contribution is 2.29. The summed E-state index contributed by atoms with van der Waals surface area (Å²) < 4.78 is 39.7. The van der Waals surface area contributed by atoms with Crippen LogP contribution in [0, 0.1) is 0 Å². The second-order valence-corrected chi connectivity index (χ2v) is 4.65. The first-order valence-corrected chi connectivity index (χ1v) is 6.19. The SMILES string of the molecule is [B]c1cnn(-c2ccc(N(N)/C=C(/C)N)cc2)c1C(F)(F)F. The number of hydrazine groups is 1. The number of nitrogens with zero attached hydrogens (tertiary/aromatic N) is 3. The number of hydrogen-bond donors (Lipinski definition) is 2. The molecule has 0 fully saturated rings. The Bertz CT molecular complexity index is 687. The lowest BCUT2D eigenvalue weighted by atomic mass is 9.97. The van der Waals surface area contributed by atoms with Crippen LogP contribution in [0.2, 0.25) is 0 Å². The molecule has 22 heavy (non-hydrogen) atoms. The Kier molecular flexibility index (Phi) is 4.18. The fourth-order valence-electron chi connectivity index (χ4n) is 1.90. The average molecular weight is 307 g/mol. The normalized spacial score (nSPS) is 12.5. The highest BCUT2D eigenvalue weighted by molar-refractivity contribution is 6.33. The lowest BCUT2D eigenvalue weighted by Gasteiger charge is -2.16. The molecule has 1 heterocycles. The molecule has 0 saturated carbocycles. The number of halogens is 3. The predicted octanol–water partition coefficient (Wildman–Crippen LogP) is 1.19. The number of aromatic nitrogens is 2. The van der Waals surface area contributed by atoms with Gasteiger partial charge in [-0.3, -0.25) is 5.01 Å². The molecular weight excluding hydrogens is 294 g/mol. The van der Waals surface area contributed by atoms with Crippen LogP contribution in [0.25, 0.3) is 5.69 Å². The Balaban J connectivity index is 2.39. The number of alkyl halides is 3. The van der Waals surface area contributed by atoms with Crippen LogP contribution in [-0.2, 0) is 6.18 Å². The van der Waals surface area contributed by atoms with Crippen molar-refractivity contribution >= 4 is 19.0 Å². The Morgan fingerprint density at radius 1 is 1.32 bits per heavy atom. The van der Waals surface area contributed by atoms with E-state index in [1.807, 2.05) is 0 Å². The summed E-state index contributed by atoms with van der Waals surface area (Å²) in [5.41, 5.74) is 5.33. The zero-order chi connectivity index (χ0) is 16.5. The molecule has 9 heteroatoms. The van der Waals surface area contributed by atoms with E-state index in [0.717, 1.165) is 10.9 Å². The van der Waals surface area contributed by atoms with Gasteiger partial charge in [-0.15, -0.1) is 0 Å². The van der Waals surface area contributed by atoms with Gasteiger partial charge < -0.3 is 5.73 Å². The quantitative estimate of drug-likeness (QED) is 0.507. The summed E-state index contributed by atoms with van der Waals surface area (Å²) in [6.07, 6.45) is -2.15. The van der Waals surface area contributed by atoms with Crippen LogP contribution in [0.4, 0.5) is 18.9 Å². The van der Waals surface area contributed by atoms with E-state index in [9.17, 15) is 13.2 Å². The van der Waals surface area contributed by atoms with Crippen molar-refractivity contribution in [3.05, 3.63) is 48.1 Å². The molecule has 4 N–H and O–H groups in total. The van der Waals surface area contributed by atoms with E-state index in [4.69, 9.17) is 19.4 Å². The topological polar surface area (TPSA) is 73.1 Å². The smallest absolute Gasteiger partial charge is 0.401 e. The lowest BCUT2D eigenvalue weighted by Crippen LogP contribution is -2.25. The summed E-state index contributed by atoms with van der Waals surface area (Å²) in [5.74, 6) is 5.74. The third-order valence-corrected chi connectivity index (χ3v) is 2.80. The summed E-state index contributed by atoms with van der Waals surface area (Å²) in [6, 6.07) is 6.01. The van der Waals surface area contributed by atoms with Crippen LogP contribution in [0.3, 0.4) is 0 Å². The fraction of sp³-hybridized carbons (Fsp3) is 0.154. The molecule has 2 aromatic rings. The second-order valence-electron chi connectivity index (χ2n) is 4.65. The van der Waals surface area contributed by atoms with Crippen LogP contribution < -0.4 is 22.0 Å². The summed E-state index contributed by atoms with van der Waals surface area (Å²) in [7, 11) is 5.34. The monoisotopic (exact) mass is 307 g/mol. The lowest BCUT2D eigenvalue weighted by molar-refractivity contribution is -0.141. The minimum Gasteiger partial charge on any atom is -0.401 e. The van der Waals surface area contributed by atoms with Gasteiger partial charge in [-0.05, 0) is 36.7 Å². The highest BCUT2D eigenvalue weighted by atomic mass is 19.4. The minimum absolute atomic E-state index is 0.217. The van der Waals surface area contributed by atoms with Gasteiger partial charge in [0.1, 0.15) is 13.5 Å². The summed E-state index contributed by atoms with van der Waals surface area (Å²) in [4.78, 5) is 0. The molecule has 0 saturated heterocycles. The molecule has 0 aliphatic heterocycles. The largest absolute Gasteiger partial charge is 0.432 e. The van der Waals surface area contributed by atoms with Gasteiger partial charge in [-0.1, -0.05) is 0 Å². The van der Waals surface area contributed by atoms with Crippen molar-refractivity contribution in [2.45, 2.75) is 13.1 Å². The van der Waals surface area contributed by atoms with Gasteiger partial charge in [0.05, 0.1) is 11.4 Å². The first-order chi connectivity index (χ1) is 10.2. The van der Waals surface area contributed by atoms with Gasteiger partial charge in [-0.2, -0.15) is 18.3 Å². The summed E-state index contributed by atoms with van der Waals surface area (Å²) in [5, 5.41) is 4.94. The molecule has 0 aliphatic carbocycles. The maximum atomic E-state index is 13.0. The van der Waals surface area contributed by atoms with E-state index in [-0.39, 0.29) is 5.69 Å². The third-order valence-electron chi connectivity index (χ3n) is 2.80. The molecular formula is C13H13BF3N5. The van der Waals surface area contributed by atoms with E-state index in [2.05, 4.69) is 5.10 Å². The third kappa shape index (κ3) is 3.25. The zero-order valence-electron chi connectivity index (χ0n) is 11.7. The molecule has 0 spiro atoms. The van der Waals surface area contributed by atoms with Crippen LogP contribution in [0.1, 0.15) is 12.6 Å². The van der Waals surface area contributed by atoms with Gasteiger partial charge in [0.2, 0.25) is 0 Å². The molecule has 0 atom stereocenters. The number of nitrogens with two attached hydrogens (primary N) is 2. The zero-order valence-corrected chi connectivity index (χ0v) is 11.7. The summed E-state index contributed by atoms with van der Waals surface area (Å²) >= 11 is 0. The number of anilines is 1. The maximum absolute atomic E-state index is 13.0. The van der Waals surface area contributed by atoms with Crippen molar-refractivity contribution in [1.29, 1.82) is 0 Å². The molecule has 0 bridgehead atoms. The minimum atomic E-state index is -4.60. The Hall–Kier alpha value is -2.42. The van der Waals surface area contributed by atoms with Crippen molar-refractivity contribution in [2.24, 2.45) is 11.6 Å². The van der Waals surface area contributed by atoms with Gasteiger partial charge in [0.15, 0.2) is 0 Å². The van der Waals surface area contributed by atoms with E-state index < -0.39 is 17.3 Å². The Morgan fingerprint density at radius 3 is 2.41 bits per heavy atom. The van der Waals surface area contributed by atoms with Gasteiger partial charge in [-0.25, -0.2) is 10.5 Å². The molecule has 0 unspecified atom stereocenters. The maximum Gasteiger partial charge on any atom is 0.432 e. The first-order valence-electron chi connectivity index (χ1n) is 6.19. The summed E-state index contributed by atoms with van der Waals surface area (Å²) in [6.45, 7) is 1.66. The molecule has 2 rings (SSSR count). The second kappa shape index (κ2) is 5.76. The van der Waals surface area contributed by atoms with E-state index in [0.29, 0.717) is 11.4 Å². The molecule has 0 amide bonds.